The average molecular weight is 180 g/mol. The van der Waals surface area contributed by atoms with Gasteiger partial charge in [-0.15, -0.1) is 0 Å². The highest BCUT2D eigenvalue weighted by Crippen LogP contribution is 2.21. The molecule has 0 aromatic carbocycles. The van der Waals surface area contributed by atoms with Crippen molar-refractivity contribution in [1.29, 1.82) is 0 Å². The van der Waals surface area contributed by atoms with E-state index in [2.05, 4.69) is 6.58 Å². The molecule has 0 aliphatic heterocycles. The van der Waals surface area contributed by atoms with Crippen molar-refractivity contribution in [2.45, 2.75) is 32.4 Å². The highest BCUT2D eigenvalue weighted by molar-refractivity contribution is 5.81. The molecule has 0 radical (unpaired) electrons. The number of carbonyl (C=O) groups is 1. The summed E-state index contributed by atoms with van der Waals surface area (Å²) in [7, 11) is 0. The lowest BCUT2D eigenvalue weighted by molar-refractivity contribution is -0.151. The Morgan fingerprint density at radius 2 is 1.92 bits per heavy atom. The third-order valence-corrected chi connectivity index (χ3v) is 1.34. The molecule has 0 saturated heterocycles. The normalized spacial score (nSPS) is 11.3. The molecule has 0 heterocycles. The van der Waals surface area contributed by atoms with Gasteiger partial charge in [-0.3, -0.25) is 4.79 Å². The van der Waals surface area contributed by atoms with Crippen LogP contribution in [-0.4, -0.2) is 12.0 Å². The minimum Gasteiger partial charge on any atom is -0.299 e. The Balaban J connectivity index is 3.83. The van der Waals surface area contributed by atoms with Crippen molar-refractivity contribution < 1.29 is 18.0 Å². The Hall–Kier alpha value is -0.800. The van der Waals surface area contributed by atoms with Crippen molar-refractivity contribution in [1.82, 2.24) is 0 Å². The standard InChI is InChI=1S/C8H11F3O/c1-3-6(2)4-7(12)5-8(9,10)11/h2-5H2,1H3. The zero-order chi connectivity index (χ0) is 9.78. The van der Waals surface area contributed by atoms with Gasteiger partial charge >= 0.3 is 6.18 Å². The van der Waals surface area contributed by atoms with Gasteiger partial charge in [0.05, 0.1) is 0 Å². The quantitative estimate of drug-likeness (QED) is 0.608. The third-order valence-electron chi connectivity index (χ3n) is 1.34. The van der Waals surface area contributed by atoms with Crippen LogP contribution in [0.4, 0.5) is 13.2 Å². The number of rotatable bonds is 4. The molecule has 0 spiro atoms. The molecule has 0 amide bonds. The third kappa shape index (κ3) is 5.95. The molecular weight excluding hydrogens is 169 g/mol. The fourth-order valence-corrected chi connectivity index (χ4v) is 0.690. The first-order valence-corrected chi connectivity index (χ1v) is 3.60. The summed E-state index contributed by atoms with van der Waals surface area (Å²) >= 11 is 0. The van der Waals surface area contributed by atoms with Gasteiger partial charge in [0.2, 0.25) is 0 Å². The van der Waals surface area contributed by atoms with E-state index in [0.717, 1.165) is 0 Å². The molecule has 0 N–H and O–H groups in total. The predicted molar refractivity (Wildman–Crippen MR) is 39.7 cm³/mol. The molecule has 0 saturated carbocycles. The van der Waals surface area contributed by atoms with Gasteiger partial charge in [-0.1, -0.05) is 19.1 Å². The summed E-state index contributed by atoms with van der Waals surface area (Å²) in [5, 5.41) is 0. The smallest absolute Gasteiger partial charge is 0.299 e. The number of carbonyl (C=O) groups excluding carboxylic acids is 1. The Morgan fingerprint density at radius 1 is 1.42 bits per heavy atom. The first-order chi connectivity index (χ1) is 5.35. The van der Waals surface area contributed by atoms with Crippen LogP contribution >= 0.6 is 0 Å². The van der Waals surface area contributed by atoms with Crippen molar-refractivity contribution in [2.75, 3.05) is 0 Å². The van der Waals surface area contributed by atoms with Crippen LogP contribution in [0.2, 0.25) is 0 Å². The van der Waals surface area contributed by atoms with Crippen LogP contribution in [-0.2, 0) is 4.79 Å². The molecule has 0 aliphatic rings. The molecule has 0 rings (SSSR count). The first-order valence-electron chi connectivity index (χ1n) is 3.60. The molecule has 0 aliphatic carbocycles. The molecular formula is C8H11F3O. The Morgan fingerprint density at radius 3 is 2.25 bits per heavy atom. The number of ketones is 1. The molecule has 0 aromatic rings. The number of halogens is 3. The Labute approximate surface area is 69.3 Å². The van der Waals surface area contributed by atoms with Crippen LogP contribution in [0.15, 0.2) is 12.2 Å². The van der Waals surface area contributed by atoms with Gasteiger partial charge in [0.15, 0.2) is 0 Å². The second kappa shape index (κ2) is 4.28. The number of Topliss-reactive ketones (excluding diaryl/α,β-unsaturated/α-hetero) is 1. The Kier molecular flexibility index (Phi) is 4.00. The second-order valence-electron chi connectivity index (χ2n) is 2.61. The first kappa shape index (κ1) is 11.2. The number of hydrogen-bond acceptors (Lipinski definition) is 1. The topological polar surface area (TPSA) is 17.1 Å². The largest absolute Gasteiger partial charge is 0.395 e. The maximum Gasteiger partial charge on any atom is 0.395 e. The van der Waals surface area contributed by atoms with Crippen LogP contribution in [0.25, 0.3) is 0 Å². The van der Waals surface area contributed by atoms with E-state index in [1.807, 2.05) is 0 Å². The van der Waals surface area contributed by atoms with Crippen molar-refractivity contribution in [3.63, 3.8) is 0 Å². The second-order valence-corrected chi connectivity index (χ2v) is 2.61. The maximum absolute atomic E-state index is 11.6. The van der Waals surface area contributed by atoms with Crippen LogP contribution in [0.3, 0.4) is 0 Å². The van der Waals surface area contributed by atoms with Crippen LogP contribution in [0, 0.1) is 0 Å². The number of hydrogen-bond donors (Lipinski definition) is 0. The fraction of sp³-hybridized carbons (Fsp3) is 0.625. The zero-order valence-electron chi connectivity index (χ0n) is 6.87. The zero-order valence-corrected chi connectivity index (χ0v) is 6.87. The van der Waals surface area contributed by atoms with Gasteiger partial charge in [-0.05, 0) is 6.42 Å². The molecule has 0 atom stereocenters. The summed E-state index contributed by atoms with van der Waals surface area (Å²) in [4.78, 5) is 10.6. The SMILES string of the molecule is C=C(CC)CC(=O)CC(F)(F)F. The van der Waals surface area contributed by atoms with E-state index in [-0.39, 0.29) is 6.42 Å². The number of allylic oxidation sites excluding steroid dienone is 1. The summed E-state index contributed by atoms with van der Waals surface area (Å²) in [6.45, 7) is 5.21. The highest BCUT2D eigenvalue weighted by atomic mass is 19.4. The van der Waals surface area contributed by atoms with Gasteiger partial charge in [0.25, 0.3) is 0 Å². The summed E-state index contributed by atoms with van der Waals surface area (Å²) < 4.78 is 34.8. The average Bonchev–Trinajstić information content (AvgIpc) is 1.82. The van der Waals surface area contributed by atoms with Gasteiger partial charge in [-0.25, -0.2) is 0 Å². The van der Waals surface area contributed by atoms with Crippen LogP contribution in [0.1, 0.15) is 26.2 Å². The van der Waals surface area contributed by atoms with Crippen molar-refractivity contribution >= 4 is 5.78 Å². The molecule has 0 fully saturated rings. The lowest BCUT2D eigenvalue weighted by Crippen LogP contribution is -2.14. The summed E-state index contributed by atoms with van der Waals surface area (Å²) in [5.74, 6) is -0.811. The van der Waals surface area contributed by atoms with Crippen molar-refractivity contribution in [3.8, 4) is 0 Å². The van der Waals surface area contributed by atoms with Crippen molar-refractivity contribution in [3.05, 3.63) is 12.2 Å². The van der Waals surface area contributed by atoms with E-state index in [1.54, 1.807) is 6.92 Å². The lowest BCUT2D eigenvalue weighted by Gasteiger charge is -2.05. The van der Waals surface area contributed by atoms with E-state index in [0.29, 0.717) is 12.0 Å². The lowest BCUT2D eigenvalue weighted by atomic mass is 10.1. The molecule has 0 bridgehead atoms. The molecule has 1 nitrogen and oxygen atoms in total. The summed E-state index contributed by atoms with van der Waals surface area (Å²) in [6.07, 6.45) is -5.34. The molecule has 70 valence electrons. The maximum atomic E-state index is 11.6. The van der Waals surface area contributed by atoms with E-state index < -0.39 is 18.4 Å². The Bertz CT molecular complexity index is 181. The molecule has 0 aromatic heterocycles. The minimum atomic E-state index is -4.38. The molecule has 0 unspecified atom stereocenters. The predicted octanol–water partition coefficient (Wildman–Crippen LogP) is 2.86. The van der Waals surface area contributed by atoms with Gasteiger partial charge in [0.1, 0.15) is 12.2 Å². The molecule has 4 heteroatoms. The number of alkyl halides is 3. The van der Waals surface area contributed by atoms with E-state index in [9.17, 15) is 18.0 Å². The fourth-order valence-electron chi connectivity index (χ4n) is 0.690. The van der Waals surface area contributed by atoms with E-state index in [4.69, 9.17) is 0 Å². The van der Waals surface area contributed by atoms with Crippen molar-refractivity contribution in [2.24, 2.45) is 0 Å². The van der Waals surface area contributed by atoms with Gasteiger partial charge in [-0.2, -0.15) is 13.2 Å². The summed E-state index contributed by atoms with van der Waals surface area (Å²) in [6, 6.07) is 0. The van der Waals surface area contributed by atoms with Crippen LogP contribution < -0.4 is 0 Å². The highest BCUT2D eigenvalue weighted by Gasteiger charge is 2.30. The molecule has 12 heavy (non-hydrogen) atoms. The van der Waals surface area contributed by atoms with Crippen LogP contribution in [0.5, 0.6) is 0 Å². The van der Waals surface area contributed by atoms with Gasteiger partial charge < -0.3 is 0 Å². The minimum absolute atomic E-state index is 0.157. The monoisotopic (exact) mass is 180 g/mol. The van der Waals surface area contributed by atoms with Gasteiger partial charge in [0, 0.05) is 6.42 Å². The van der Waals surface area contributed by atoms with E-state index in [1.165, 1.54) is 0 Å². The van der Waals surface area contributed by atoms with E-state index >= 15 is 0 Å². The summed E-state index contributed by atoms with van der Waals surface area (Å²) in [5.41, 5.74) is 0.546.